The number of imide groups is 1. The summed E-state index contributed by atoms with van der Waals surface area (Å²) in [7, 11) is 0. The van der Waals surface area contributed by atoms with Gasteiger partial charge in [-0.3, -0.25) is 19.3 Å². The van der Waals surface area contributed by atoms with Crippen molar-refractivity contribution >= 4 is 23.4 Å². The number of unbranched alkanes of at least 4 members (excludes halogenated alkanes) is 1. The summed E-state index contributed by atoms with van der Waals surface area (Å²) < 4.78 is 14.1. The number of nitrogens with two attached hydrogens (primary N) is 1. The lowest BCUT2D eigenvalue weighted by molar-refractivity contribution is -0.734. The third kappa shape index (κ3) is 2.52. The second kappa shape index (κ2) is 6.65. The molecule has 1 aromatic carbocycles. The second-order valence-corrected chi connectivity index (χ2v) is 8.66. The van der Waals surface area contributed by atoms with Crippen LogP contribution in [-0.2, 0) is 19.9 Å². The first-order valence-corrected chi connectivity index (χ1v) is 10.1. The van der Waals surface area contributed by atoms with E-state index in [9.17, 15) is 18.8 Å². The molecule has 0 bridgehead atoms. The lowest BCUT2D eigenvalue weighted by atomic mass is 9.76. The Balaban J connectivity index is 1.84. The maximum absolute atomic E-state index is 14.1. The topological polar surface area (TPSA) is 83.1 Å². The van der Waals surface area contributed by atoms with Gasteiger partial charge in [0.15, 0.2) is 0 Å². The minimum Gasteiger partial charge on any atom is -0.326 e. The molecule has 3 heterocycles. The predicted octanol–water partition coefficient (Wildman–Crippen LogP) is 1.37. The number of fused-ring (bicyclic) bond motifs is 4. The molecule has 0 radical (unpaired) electrons. The number of likely N-dealkylation sites (tertiary alicyclic amines) is 1. The molecule has 1 aromatic rings. The summed E-state index contributed by atoms with van der Waals surface area (Å²) in [6.07, 6.45) is 2.31. The van der Waals surface area contributed by atoms with Gasteiger partial charge in [0.25, 0.3) is 5.91 Å². The lowest BCUT2D eigenvalue weighted by Crippen LogP contribution is -2.99. The molecule has 0 saturated carbocycles. The van der Waals surface area contributed by atoms with Gasteiger partial charge < -0.3 is 10.6 Å². The number of hydrogen-bond donors (Lipinski definition) is 2. The molecule has 3 aliphatic heterocycles. The minimum atomic E-state index is -1.27. The molecule has 0 aromatic heterocycles. The summed E-state index contributed by atoms with van der Waals surface area (Å²) >= 11 is 0. The average molecular weight is 388 g/mol. The van der Waals surface area contributed by atoms with Gasteiger partial charge in [0.1, 0.15) is 23.7 Å². The number of anilines is 1. The highest BCUT2D eigenvalue weighted by atomic mass is 19.1. The summed E-state index contributed by atoms with van der Waals surface area (Å²) in [5.41, 5.74) is -0.258. The Morgan fingerprint density at radius 2 is 2.00 bits per heavy atom. The first-order chi connectivity index (χ1) is 13.3. The SMILES string of the molecule is CCCCN1C(=O)[C@@H]2[C@H](CC(C)C)[NH2+][C@@]3(C(=O)Nc4ccc(F)cc43)[C@@H]2C1=O. The second-order valence-electron chi connectivity index (χ2n) is 8.66. The van der Waals surface area contributed by atoms with Crippen LogP contribution in [0.4, 0.5) is 10.1 Å². The zero-order valence-electron chi connectivity index (χ0n) is 16.5. The molecular weight excluding hydrogens is 361 g/mol. The molecule has 28 heavy (non-hydrogen) atoms. The Bertz CT molecular complexity index is 855. The van der Waals surface area contributed by atoms with Crippen LogP contribution in [0.2, 0.25) is 0 Å². The van der Waals surface area contributed by atoms with Crippen LogP contribution in [0.15, 0.2) is 18.2 Å². The highest BCUT2D eigenvalue weighted by Crippen LogP contribution is 2.49. The standard InChI is InChI=1S/C21H26FN3O3/c1-4-5-8-25-18(26)16-15(9-11(2)3)24-21(17(16)19(25)27)13-10-12(22)6-7-14(13)23-20(21)28/h6-7,10-11,15-17,24H,4-5,8-9H2,1-3H3,(H,23,28)/p+1/t15-,16+,17-,21+/m0/s1. The Hall–Kier alpha value is -2.28. The monoisotopic (exact) mass is 388 g/mol. The number of halogens is 1. The van der Waals surface area contributed by atoms with E-state index in [2.05, 4.69) is 19.2 Å². The van der Waals surface area contributed by atoms with Crippen molar-refractivity contribution in [3.8, 4) is 0 Å². The number of benzene rings is 1. The first kappa shape index (κ1) is 19.1. The van der Waals surface area contributed by atoms with E-state index in [-0.39, 0.29) is 23.8 Å². The van der Waals surface area contributed by atoms with E-state index in [4.69, 9.17) is 0 Å². The van der Waals surface area contributed by atoms with Gasteiger partial charge in [-0.05, 0) is 30.5 Å². The highest BCUT2D eigenvalue weighted by molar-refractivity contribution is 6.13. The van der Waals surface area contributed by atoms with E-state index >= 15 is 0 Å². The maximum atomic E-state index is 14.1. The molecule has 0 aliphatic carbocycles. The van der Waals surface area contributed by atoms with E-state index in [0.717, 1.165) is 12.8 Å². The molecule has 3 N–H and O–H groups in total. The molecule has 150 valence electrons. The Morgan fingerprint density at radius 1 is 1.25 bits per heavy atom. The third-order valence-corrected chi connectivity index (χ3v) is 6.40. The molecule has 3 amide bonds. The van der Waals surface area contributed by atoms with Crippen molar-refractivity contribution in [3.63, 3.8) is 0 Å². The molecule has 6 nitrogen and oxygen atoms in total. The molecule has 0 unspecified atom stereocenters. The molecule has 2 saturated heterocycles. The quantitative estimate of drug-likeness (QED) is 0.748. The lowest BCUT2D eigenvalue weighted by Gasteiger charge is -2.26. The predicted molar refractivity (Wildman–Crippen MR) is 100 cm³/mol. The summed E-state index contributed by atoms with van der Waals surface area (Å²) in [5, 5.41) is 4.69. The number of quaternary nitrogens is 1. The van der Waals surface area contributed by atoms with Gasteiger partial charge in [0.05, 0.1) is 5.69 Å². The van der Waals surface area contributed by atoms with Crippen LogP contribution >= 0.6 is 0 Å². The van der Waals surface area contributed by atoms with Crippen LogP contribution in [0.25, 0.3) is 0 Å². The number of carbonyl (C=O) groups is 3. The smallest absolute Gasteiger partial charge is 0.291 e. The van der Waals surface area contributed by atoms with E-state index < -0.39 is 23.2 Å². The molecule has 1 spiro atoms. The first-order valence-electron chi connectivity index (χ1n) is 10.1. The molecular formula is C21H27FN3O3+. The van der Waals surface area contributed by atoms with Gasteiger partial charge in [0.2, 0.25) is 17.4 Å². The van der Waals surface area contributed by atoms with Crippen molar-refractivity contribution < 1.29 is 24.1 Å². The number of nitrogens with zero attached hydrogens (tertiary/aromatic N) is 1. The molecule has 2 fully saturated rings. The third-order valence-electron chi connectivity index (χ3n) is 6.40. The van der Waals surface area contributed by atoms with Crippen molar-refractivity contribution in [1.82, 2.24) is 4.90 Å². The number of hydrogen-bond acceptors (Lipinski definition) is 3. The molecule has 3 aliphatic rings. The van der Waals surface area contributed by atoms with Crippen LogP contribution in [0, 0.1) is 23.6 Å². The van der Waals surface area contributed by atoms with Gasteiger partial charge in [-0.2, -0.15) is 0 Å². The summed E-state index contributed by atoms with van der Waals surface area (Å²) in [5.74, 6) is -2.28. The van der Waals surface area contributed by atoms with E-state index in [0.29, 0.717) is 30.1 Å². The van der Waals surface area contributed by atoms with Crippen molar-refractivity contribution in [2.45, 2.75) is 51.6 Å². The number of carbonyl (C=O) groups excluding carboxylic acids is 3. The molecule has 4 rings (SSSR count). The van der Waals surface area contributed by atoms with Gasteiger partial charge in [0, 0.05) is 18.5 Å². The Kier molecular flexibility index (Phi) is 4.53. The molecule has 4 atom stereocenters. The van der Waals surface area contributed by atoms with Crippen LogP contribution in [0.5, 0.6) is 0 Å². The van der Waals surface area contributed by atoms with Gasteiger partial charge >= 0.3 is 0 Å². The van der Waals surface area contributed by atoms with Crippen LogP contribution in [0.1, 0.15) is 45.6 Å². The van der Waals surface area contributed by atoms with E-state index in [1.807, 2.05) is 12.2 Å². The zero-order valence-corrected chi connectivity index (χ0v) is 16.5. The average Bonchev–Trinajstić information content (AvgIpc) is 3.19. The maximum Gasteiger partial charge on any atom is 0.291 e. The van der Waals surface area contributed by atoms with Gasteiger partial charge in [-0.25, -0.2) is 4.39 Å². The van der Waals surface area contributed by atoms with Gasteiger partial charge in [-0.1, -0.05) is 27.2 Å². The number of nitrogens with one attached hydrogen (secondary N) is 1. The van der Waals surface area contributed by atoms with E-state index in [1.165, 1.54) is 23.1 Å². The Labute approximate surface area is 163 Å². The summed E-state index contributed by atoms with van der Waals surface area (Å²) in [4.78, 5) is 41.1. The fourth-order valence-electron chi connectivity index (χ4n) is 5.29. The molecule has 7 heteroatoms. The number of rotatable bonds is 5. The fraction of sp³-hybridized carbons (Fsp3) is 0.571. The van der Waals surface area contributed by atoms with Crippen molar-refractivity contribution in [3.05, 3.63) is 29.6 Å². The van der Waals surface area contributed by atoms with Crippen molar-refractivity contribution in [2.24, 2.45) is 17.8 Å². The van der Waals surface area contributed by atoms with Crippen LogP contribution in [-0.4, -0.2) is 35.2 Å². The van der Waals surface area contributed by atoms with E-state index in [1.54, 1.807) is 0 Å². The summed E-state index contributed by atoms with van der Waals surface area (Å²) in [6.45, 7) is 6.51. The fourth-order valence-corrected chi connectivity index (χ4v) is 5.29. The van der Waals surface area contributed by atoms with Crippen molar-refractivity contribution in [1.29, 1.82) is 0 Å². The zero-order chi connectivity index (χ0) is 20.2. The number of amides is 3. The van der Waals surface area contributed by atoms with Gasteiger partial charge in [-0.15, -0.1) is 0 Å². The normalized spacial score (nSPS) is 31.1. The summed E-state index contributed by atoms with van der Waals surface area (Å²) in [6, 6.07) is 3.98. The van der Waals surface area contributed by atoms with Crippen LogP contribution in [0.3, 0.4) is 0 Å². The Morgan fingerprint density at radius 3 is 2.68 bits per heavy atom. The minimum absolute atomic E-state index is 0.181. The largest absolute Gasteiger partial charge is 0.326 e. The van der Waals surface area contributed by atoms with Crippen LogP contribution < -0.4 is 10.6 Å². The van der Waals surface area contributed by atoms with Crippen molar-refractivity contribution in [2.75, 3.05) is 11.9 Å². The highest BCUT2D eigenvalue weighted by Gasteiger charge is 2.74.